The molecule has 7 heteroatoms. The summed E-state index contributed by atoms with van der Waals surface area (Å²) in [6.07, 6.45) is 1.32. The molecule has 1 aliphatic rings. The molecular formula is C13H20N2O5. The van der Waals surface area contributed by atoms with Crippen LogP contribution in [0.2, 0.25) is 0 Å². The molecule has 0 spiro atoms. The molecule has 1 aromatic heterocycles. The molecule has 1 fully saturated rings. The largest absolute Gasteiger partial charge is 0.481 e. The maximum absolute atomic E-state index is 11.0. The van der Waals surface area contributed by atoms with Crippen molar-refractivity contribution in [2.45, 2.75) is 38.2 Å². The molecule has 1 N–H and O–H groups in total. The number of carboxylic acid groups (broad SMARTS) is 1. The number of methoxy groups -OCH3 is 1. The maximum Gasteiger partial charge on any atom is 0.307 e. The van der Waals surface area contributed by atoms with Gasteiger partial charge in [-0.05, 0) is 0 Å². The van der Waals surface area contributed by atoms with E-state index in [0.29, 0.717) is 37.8 Å². The summed E-state index contributed by atoms with van der Waals surface area (Å²) in [5.41, 5.74) is -0.591. The van der Waals surface area contributed by atoms with Crippen LogP contribution in [-0.4, -0.2) is 41.5 Å². The molecule has 20 heavy (non-hydrogen) atoms. The standard InChI is InChI=1S/C13H20N2O5/c1-8(9(2)11(16)17)10-14-12(15-20-10)13(18-3)4-6-19-7-5-13/h8-9H,4-7H2,1-3H3,(H,16,17). The third-order valence-corrected chi connectivity index (χ3v) is 4.07. The molecule has 2 heterocycles. The zero-order valence-corrected chi connectivity index (χ0v) is 12.0. The van der Waals surface area contributed by atoms with Crippen molar-refractivity contribution in [3.8, 4) is 0 Å². The first-order chi connectivity index (χ1) is 9.50. The lowest BCUT2D eigenvalue weighted by atomic mass is 9.93. The zero-order chi connectivity index (χ0) is 14.8. The molecule has 0 bridgehead atoms. The second kappa shape index (κ2) is 5.88. The molecule has 0 aromatic carbocycles. The Kier molecular flexibility index (Phi) is 4.39. The number of carboxylic acids is 1. The summed E-state index contributed by atoms with van der Waals surface area (Å²) in [5.74, 6) is -1.01. The quantitative estimate of drug-likeness (QED) is 0.876. The Hall–Kier alpha value is -1.47. The molecule has 1 aliphatic heterocycles. The Bertz CT molecular complexity index is 467. The fourth-order valence-corrected chi connectivity index (χ4v) is 2.25. The van der Waals surface area contributed by atoms with Gasteiger partial charge in [0.2, 0.25) is 11.7 Å². The van der Waals surface area contributed by atoms with E-state index in [-0.39, 0.29) is 5.92 Å². The van der Waals surface area contributed by atoms with Crippen molar-refractivity contribution in [2.24, 2.45) is 5.92 Å². The van der Waals surface area contributed by atoms with Gasteiger partial charge in [-0.2, -0.15) is 4.98 Å². The molecule has 112 valence electrons. The number of rotatable bonds is 5. The van der Waals surface area contributed by atoms with E-state index in [0.717, 1.165) is 0 Å². The lowest BCUT2D eigenvalue weighted by molar-refractivity contribution is -0.141. The van der Waals surface area contributed by atoms with E-state index in [1.54, 1.807) is 21.0 Å². The fraction of sp³-hybridized carbons (Fsp3) is 0.769. The zero-order valence-electron chi connectivity index (χ0n) is 12.0. The average molecular weight is 284 g/mol. The summed E-state index contributed by atoms with van der Waals surface area (Å²) >= 11 is 0. The summed E-state index contributed by atoms with van der Waals surface area (Å²) < 4.78 is 16.1. The SMILES string of the molecule is COC1(c2noc(C(C)C(C)C(=O)O)n2)CCOCC1. The molecule has 1 saturated heterocycles. The highest BCUT2D eigenvalue weighted by Gasteiger charge is 2.40. The fourth-order valence-electron chi connectivity index (χ4n) is 2.25. The molecule has 2 unspecified atom stereocenters. The van der Waals surface area contributed by atoms with Gasteiger partial charge in [-0.1, -0.05) is 19.0 Å². The average Bonchev–Trinajstić information content (AvgIpc) is 2.96. The van der Waals surface area contributed by atoms with Gasteiger partial charge in [0.05, 0.1) is 5.92 Å². The lowest BCUT2D eigenvalue weighted by Gasteiger charge is -2.32. The topological polar surface area (TPSA) is 94.7 Å². The summed E-state index contributed by atoms with van der Waals surface area (Å²) in [5, 5.41) is 13.0. The van der Waals surface area contributed by atoms with Gasteiger partial charge in [0.25, 0.3) is 0 Å². The Morgan fingerprint density at radius 1 is 1.40 bits per heavy atom. The van der Waals surface area contributed by atoms with E-state index in [9.17, 15) is 4.79 Å². The number of nitrogens with zero attached hydrogens (tertiary/aromatic N) is 2. The number of carbonyl (C=O) groups is 1. The third kappa shape index (κ3) is 2.69. The molecule has 2 rings (SSSR count). The monoisotopic (exact) mass is 284 g/mol. The van der Waals surface area contributed by atoms with Gasteiger partial charge in [-0.3, -0.25) is 4.79 Å². The number of aromatic nitrogens is 2. The van der Waals surface area contributed by atoms with Crippen LogP contribution in [0.3, 0.4) is 0 Å². The number of hydrogen-bond donors (Lipinski definition) is 1. The van der Waals surface area contributed by atoms with Gasteiger partial charge >= 0.3 is 5.97 Å². The molecule has 7 nitrogen and oxygen atoms in total. The second-order valence-corrected chi connectivity index (χ2v) is 5.18. The van der Waals surface area contributed by atoms with Gasteiger partial charge in [-0.15, -0.1) is 0 Å². The number of aliphatic carboxylic acids is 1. The number of hydrogen-bond acceptors (Lipinski definition) is 6. The van der Waals surface area contributed by atoms with Crippen molar-refractivity contribution >= 4 is 5.97 Å². The highest BCUT2D eigenvalue weighted by molar-refractivity contribution is 5.70. The predicted octanol–water partition coefficient (Wildman–Crippen LogP) is 1.55. The van der Waals surface area contributed by atoms with Crippen molar-refractivity contribution < 1.29 is 23.9 Å². The molecular weight excluding hydrogens is 264 g/mol. The minimum Gasteiger partial charge on any atom is -0.481 e. The van der Waals surface area contributed by atoms with Crippen molar-refractivity contribution in [1.82, 2.24) is 10.1 Å². The Balaban J connectivity index is 2.21. The van der Waals surface area contributed by atoms with Gasteiger partial charge in [0.15, 0.2) is 0 Å². The normalized spacial score (nSPS) is 21.4. The third-order valence-electron chi connectivity index (χ3n) is 4.07. The van der Waals surface area contributed by atoms with Crippen LogP contribution in [0.4, 0.5) is 0 Å². The van der Waals surface area contributed by atoms with Crippen LogP contribution in [0.25, 0.3) is 0 Å². The highest BCUT2D eigenvalue weighted by Crippen LogP contribution is 2.34. The first-order valence-electron chi connectivity index (χ1n) is 6.70. The number of ether oxygens (including phenoxy) is 2. The van der Waals surface area contributed by atoms with E-state index >= 15 is 0 Å². The van der Waals surface area contributed by atoms with Crippen LogP contribution >= 0.6 is 0 Å². The summed E-state index contributed by atoms with van der Waals surface area (Å²) in [6, 6.07) is 0. The van der Waals surface area contributed by atoms with Gasteiger partial charge in [-0.25, -0.2) is 0 Å². The highest BCUT2D eigenvalue weighted by atomic mass is 16.5. The van der Waals surface area contributed by atoms with Gasteiger partial charge < -0.3 is 19.1 Å². The predicted molar refractivity (Wildman–Crippen MR) is 68.3 cm³/mol. The van der Waals surface area contributed by atoms with Crippen LogP contribution < -0.4 is 0 Å². The van der Waals surface area contributed by atoms with Crippen molar-refractivity contribution in [1.29, 1.82) is 0 Å². The lowest BCUT2D eigenvalue weighted by Crippen LogP contribution is -2.36. The first kappa shape index (κ1) is 14.9. The summed E-state index contributed by atoms with van der Waals surface area (Å²) in [6.45, 7) is 4.55. The Morgan fingerprint density at radius 3 is 2.60 bits per heavy atom. The van der Waals surface area contributed by atoms with Crippen LogP contribution in [0.15, 0.2) is 4.52 Å². The minimum absolute atomic E-state index is 0.331. The van der Waals surface area contributed by atoms with Crippen molar-refractivity contribution in [2.75, 3.05) is 20.3 Å². The van der Waals surface area contributed by atoms with E-state index in [1.165, 1.54) is 0 Å². The van der Waals surface area contributed by atoms with Crippen LogP contribution in [0.1, 0.15) is 44.3 Å². The molecule has 0 aliphatic carbocycles. The maximum atomic E-state index is 11.0. The smallest absolute Gasteiger partial charge is 0.307 e. The van der Waals surface area contributed by atoms with E-state index in [4.69, 9.17) is 19.1 Å². The summed E-state index contributed by atoms with van der Waals surface area (Å²) in [4.78, 5) is 15.4. The van der Waals surface area contributed by atoms with Crippen molar-refractivity contribution in [3.63, 3.8) is 0 Å². The van der Waals surface area contributed by atoms with E-state index in [2.05, 4.69) is 10.1 Å². The Morgan fingerprint density at radius 2 is 2.05 bits per heavy atom. The molecule has 1 aromatic rings. The van der Waals surface area contributed by atoms with Crippen molar-refractivity contribution in [3.05, 3.63) is 11.7 Å². The van der Waals surface area contributed by atoms with Crippen LogP contribution in [0, 0.1) is 5.92 Å². The van der Waals surface area contributed by atoms with E-state index in [1.807, 2.05) is 0 Å². The molecule has 0 radical (unpaired) electrons. The first-order valence-corrected chi connectivity index (χ1v) is 6.70. The molecule has 0 amide bonds. The van der Waals surface area contributed by atoms with Gasteiger partial charge in [0.1, 0.15) is 5.60 Å². The molecule has 2 atom stereocenters. The van der Waals surface area contributed by atoms with Crippen LogP contribution in [0.5, 0.6) is 0 Å². The van der Waals surface area contributed by atoms with Gasteiger partial charge in [0, 0.05) is 39.1 Å². The van der Waals surface area contributed by atoms with E-state index < -0.39 is 17.5 Å². The Labute approximate surface area is 117 Å². The summed E-state index contributed by atoms with van der Waals surface area (Å²) in [7, 11) is 1.62. The second-order valence-electron chi connectivity index (χ2n) is 5.18. The van der Waals surface area contributed by atoms with Crippen LogP contribution in [-0.2, 0) is 19.9 Å². The minimum atomic E-state index is -0.884. The molecule has 0 saturated carbocycles.